The zero-order valence-electron chi connectivity index (χ0n) is 19.9. The Balaban J connectivity index is 1.33. The Hall–Kier alpha value is -3.21. The van der Waals surface area contributed by atoms with Gasteiger partial charge in [-0.2, -0.15) is 0 Å². The molecule has 0 aromatic heterocycles. The van der Waals surface area contributed by atoms with E-state index in [0.717, 1.165) is 48.3 Å². The molecule has 2 N–H and O–H groups in total. The second kappa shape index (κ2) is 11.8. The Kier molecular flexibility index (Phi) is 8.29. The average molecular weight is 455 g/mol. The molecule has 4 heteroatoms. The minimum atomic E-state index is -0.146. The van der Waals surface area contributed by atoms with Crippen LogP contribution in [-0.4, -0.2) is 35.1 Å². The summed E-state index contributed by atoms with van der Waals surface area (Å²) in [7, 11) is 0. The van der Waals surface area contributed by atoms with E-state index in [1.807, 2.05) is 30.3 Å². The smallest absolute Gasteiger partial charge is 0.248 e. The number of carbonyl (C=O) groups is 1. The van der Waals surface area contributed by atoms with Crippen LogP contribution in [0.5, 0.6) is 0 Å². The van der Waals surface area contributed by atoms with E-state index in [0.29, 0.717) is 6.04 Å². The van der Waals surface area contributed by atoms with Gasteiger partial charge in [0, 0.05) is 31.0 Å². The van der Waals surface area contributed by atoms with E-state index in [1.165, 1.54) is 24.0 Å². The van der Waals surface area contributed by atoms with Crippen LogP contribution in [0.4, 0.5) is 5.69 Å². The van der Waals surface area contributed by atoms with Crippen LogP contribution in [0.25, 0.3) is 17.2 Å². The third-order valence-corrected chi connectivity index (χ3v) is 6.52. The van der Waals surface area contributed by atoms with Gasteiger partial charge in [-0.25, -0.2) is 0 Å². The molecule has 176 valence electrons. The lowest BCUT2D eigenvalue weighted by Crippen LogP contribution is -2.39. The topological polar surface area (TPSA) is 52.6 Å². The van der Waals surface area contributed by atoms with Crippen molar-refractivity contribution in [1.82, 2.24) is 4.90 Å². The fraction of sp³-hybridized carbons (Fsp3) is 0.300. The third kappa shape index (κ3) is 6.66. The summed E-state index contributed by atoms with van der Waals surface area (Å²) >= 11 is 0. The highest BCUT2D eigenvalue weighted by Gasteiger charge is 2.21. The van der Waals surface area contributed by atoms with Crippen molar-refractivity contribution in [2.75, 3.05) is 18.5 Å². The zero-order chi connectivity index (χ0) is 23.8. The van der Waals surface area contributed by atoms with Gasteiger partial charge in [0.05, 0.1) is 0 Å². The van der Waals surface area contributed by atoms with Gasteiger partial charge in [0.1, 0.15) is 0 Å². The molecule has 0 bridgehead atoms. The highest BCUT2D eigenvalue weighted by molar-refractivity contribution is 6.02. The van der Waals surface area contributed by atoms with Crippen molar-refractivity contribution in [3.8, 4) is 11.1 Å². The van der Waals surface area contributed by atoms with Crippen molar-refractivity contribution in [3.63, 3.8) is 0 Å². The largest absolute Gasteiger partial charge is 0.396 e. The van der Waals surface area contributed by atoms with Crippen molar-refractivity contribution >= 4 is 17.7 Å². The quantitative estimate of drug-likeness (QED) is 0.407. The number of hydrogen-bond acceptors (Lipinski definition) is 3. The van der Waals surface area contributed by atoms with Gasteiger partial charge in [0.15, 0.2) is 0 Å². The van der Waals surface area contributed by atoms with E-state index in [4.69, 9.17) is 0 Å². The van der Waals surface area contributed by atoms with Gasteiger partial charge in [-0.3, -0.25) is 9.69 Å². The molecular weight excluding hydrogens is 420 g/mol. The number of nitrogens with zero attached hydrogens (tertiary/aromatic N) is 1. The number of benzene rings is 3. The number of aryl methyl sites for hydroxylation is 1. The van der Waals surface area contributed by atoms with Gasteiger partial charge in [0.25, 0.3) is 0 Å². The van der Waals surface area contributed by atoms with Gasteiger partial charge in [-0.1, -0.05) is 66.6 Å². The van der Waals surface area contributed by atoms with Crippen LogP contribution in [0.15, 0.2) is 78.9 Å². The number of hydrogen-bond donors (Lipinski definition) is 2. The standard InChI is InChI=1S/C30H34N2O2/c1-23-8-13-26(14-9-23)27-6-4-5-24(21-27)12-17-30(34)31-28-15-10-25(11-16-28)22-32-19-3-2-7-29(32)18-20-33/h4-6,8-17,21,29,33H,2-3,7,18-20,22H2,1H3,(H,31,34). The third-order valence-electron chi connectivity index (χ3n) is 6.52. The summed E-state index contributed by atoms with van der Waals surface area (Å²) in [6.07, 6.45) is 7.89. The Bertz CT molecular complexity index is 1100. The minimum Gasteiger partial charge on any atom is -0.396 e. The van der Waals surface area contributed by atoms with Crippen LogP contribution in [0.2, 0.25) is 0 Å². The molecule has 4 nitrogen and oxygen atoms in total. The second-order valence-corrected chi connectivity index (χ2v) is 9.14. The highest BCUT2D eigenvalue weighted by Crippen LogP contribution is 2.23. The fourth-order valence-electron chi connectivity index (χ4n) is 4.60. The summed E-state index contributed by atoms with van der Waals surface area (Å²) in [6.45, 7) is 4.30. The first-order valence-electron chi connectivity index (χ1n) is 12.2. The normalized spacial score (nSPS) is 16.6. The number of amides is 1. The Morgan fingerprint density at radius 2 is 1.82 bits per heavy atom. The molecule has 3 aromatic rings. The van der Waals surface area contributed by atoms with Gasteiger partial charge >= 0.3 is 0 Å². The number of rotatable bonds is 8. The van der Waals surface area contributed by atoms with E-state index in [2.05, 4.69) is 65.7 Å². The molecule has 1 fully saturated rings. The zero-order valence-corrected chi connectivity index (χ0v) is 19.9. The van der Waals surface area contributed by atoms with Crippen LogP contribution in [-0.2, 0) is 11.3 Å². The van der Waals surface area contributed by atoms with Crippen LogP contribution < -0.4 is 5.32 Å². The highest BCUT2D eigenvalue weighted by atomic mass is 16.3. The van der Waals surface area contributed by atoms with Gasteiger partial charge in [0.2, 0.25) is 5.91 Å². The summed E-state index contributed by atoms with van der Waals surface area (Å²) in [5.74, 6) is -0.146. The Labute approximate surface area is 202 Å². The number of likely N-dealkylation sites (tertiary alicyclic amines) is 1. The van der Waals surface area contributed by atoms with Crippen molar-refractivity contribution in [2.24, 2.45) is 0 Å². The number of aliphatic hydroxyl groups excluding tert-OH is 1. The summed E-state index contributed by atoms with van der Waals surface area (Å²) in [5, 5.41) is 12.3. The molecule has 1 heterocycles. The molecular formula is C30H34N2O2. The van der Waals surface area contributed by atoms with Crippen LogP contribution >= 0.6 is 0 Å². The first-order valence-corrected chi connectivity index (χ1v) is 12.2. The number of aliphatic hydroxyl groups is 1. The molecule has 4 rings (SSSR count). The van der Waals surface area contributed by atoms with Crippen LogP contribution in [0.3, 0.4) is 0 Å². The molecule has 0 radical (unpaired) electrons. The van der Waals surface area contributed by atoms with Crippen LogP contribution in [0.1, 0.15) is 42.4 Å². The molecule has 1 atom stereocenters. The van der Waals surface area contributed by atoms with Crippen molar-refractivity contribution in [2.45, 2.75) is 45.2 Å². The maximum atomic E-state index is 12.5. The summed E-state index contributed by atoms with van der Waals surface area (Å²) in [4.78, 5) is 14.9. The molecule has 1 aliphatic heterocycles. The molecule has 3 aromatic carbocycles. The number of nitrogens with one attached hydrogen (secondary N) is 1. The maximum Gasteiger partial charge on any atom is 0.248 e. The molecule has 0 saturated carbocycles. The average Bonchev–Trinajstić information content (AvgIpc) is 2.86. The predicted molar refractivity (Wildman–Crippen MR) is 140 cm³/mol. The predicted octanol–water partition coefficient (Wildman–Crippen LogP) is 6.05. The van der Waals surface area contributed by atoms with Crippen molar-refractivity contribution in [3.05, 3.63) is 95.6 Å². The van der Waals surface area contributed by atoms with E-state index in [9.17, 15) is 9.90 Å². The van der Waals surface area contributed by atoms with E-state index >= 15 is 0 Å². The van der Waals surface area contributed by atoms with E-state index in [-0.39, 0.29) is 12.5 Å². The molecule has 0 aliphatic carbocycles. The molecule has 1 aliphatic rings. The first-order chi connectivity index (χ1) is 16.6. The lowest BCUT2D eigenvalue weighted by molar-refractivity contribution is -0.111. The molecule has 0 spiro atoms. The Morgan fingerprint density at radius 1 is 1.03 bits per heavy atom. The summed E-state index contributed by atoms with van der Waals surface area (Å²) < 4.78 is 0. The molecule has 1 unspecified atom stereocenters. The lowest BCUT2D eigenvalue weighted by atomic mass is 9.99. The molecule has 1 saturated heterocycles. The minimum absolute atomic E-state index is 0.146. The van der Waals surface area contributed by atoms with E-state index in [1.54, 1.807) is 6.08 Å². The van der Waals surface area contributed by atoms with E-state index < -0.39 is 0 Å². The molecule has 1 amide bonds. The number of piperidine rings is 1. The SMILES string of the molecule is Cc1ccc(-c2cccc(C=CC(=O)Nc3ccc(CN4CCCCC4CCO)cc3)c2)cc1. The van der Waals surface area contributed by atoms with Gasteiger partial charge in [-0.05, 0) is 79.3 Å². The number of anilines is 1. The first kappa shape index (κ1) is 23.9. The number of carbonyl (C=O) groups excluding carboxylic acids is 1. The molecule has 34 heavy (non-hydrogen) atoms. The van der Waals surface area contributed by atoms with Crippen molar-refractivity contribution < 1.29 is 9.90 Å². The van der Waals surface area contributed by atoms with Crippen LogP contribution in [0, 0.1) is 6.92 Å². The second-order valence-electron chi connectivity index (χ2n) is 9.14. The Morgan fingerprint density at radius 3 is 2.59 bits per heavy atom. The summed E-state index contributed by atoms with van der Waals surface area (Å²) in [5.41, 5.74) is 6.54. The van der Waals surface area contributed by atoms with Crippen molar-refractivity contribution in [1.29, 1.82) is 0 Å². The summed E-state index contributed by atoms with van der Waals surface area (Å²) in [6, 6.07) is 25.2. The fourth-order valence-corrected chi connectivity index (χ4v) is 4.60. The van der Waals surface area contributed by atoms with Gasteiger partial charge < -0.3 is 10.4 Å². The van der Waals surface area contributed by atoms with Gasteiger partial charge in [-0.15, -0.1) is 0 Å². The maximum absolute atomic E-state index is 12.5. The lowest BCUT2D eigenvalue weighted by Gasteiger charge is -2.35. The monoisotopic (exact) mass is 454 g/mol.